The van der Waals surface area contributed by atoms with Gasteiger partial charge in [0.2, 0.25) is 5.91 Å². The van der Waals surface area contributed by atoms with Gasteiger partial charge in [-0.15, -0.1) is 5.10 Å². The standard InChI is InChI=1S/C17H20BrN5O3S/c1-22-4-6-23(7-5-22)13-8-12(18)3-2-11(13)10-19-21-17-20-16(26)14(27-17)9-15(24)25/h2-3,8,10,14H,4-7,9H2,1H3,(H,24,25)(H,20,21,26). The van der Waals surface area contributed by atoms with Gasteiger partial charge in [-0.25, -0.2) is 0 Å². The molecule has 1 unspecified atom stereocenters. The van der Waals surface area contributed by atoms with Gasteiger partial charge in [0.05, 0.1) is 12.6 Å². The summed E-state index contributed by atoms with van der Waals surface area (Å²) in [6.07, 6.45) is 1.42. The number of nitrogens with zero attached hydrogens (tertiary/aromatic N) is 4. The summed E-state index contributed by atoms with van der Waals surface area (Å²) in [7, 11) is 2.11. The highest BCUT2D eigenvalue weighted by Gasteiger charge is 2.32. The van der Waals surface area contributed by atoms with Gasteiger partial charge >= 0.3 is 5.97 Å². The highest BCUT2D eigenvalue weighted by Crippen LogP contribution is 2.26. The van der Waals surface area contributed by atoms with E-state index in [4.69, 9.17) is 5.11 Å². The number of nitrogens with one attached hydrogen (secondary N) is 1. The molecule has 0 saturated carbocycles. The lowest BCUT2D eigenvalue weighted by Gasteiger charge is -2.34. The second kappa shape index (κ2) is 8.85. The predicted octanol–water partition coefficient (Wildman–Crippen LogP) is 1.60. The Balaban J connectivity index is 1.72. The molecule has 2 aliphatic rings. The molecule has 3 rings (SSSR count). The molecule has 1 atom stereocenters. The van der Waals surface area contributed by atoms with Crippen molar-refractivity contribution in [3.8, 4) is 0 Å². The Morgan fingerprint density at radius 3 is 2.85 bits per heavy atom. The van der Waals surface area contributed by atoms with Crippen LogP contribution in [-0.2, 0) is 9.59 Å². The maximum absolute atomic E-state index is 11.7. The number of piperazine rings is 1. The number of carbonyl (C=O) groups is 2. The first-order valence-electron chi connectivity index (χ1n) is 8.46. The van der Waals surface area contributed by atoms with Crippen molar-refractivity contribution in [2.24, 2.45) is 10.2 Å². The summed E-state index contributed by atoms with van der Waals surface area (Å²) in [4.78, 5) is 27.1. The number of carboxylic acid groups (broad SMARTS) is 1. The fourth-order valence-corrected chi connectivity index (χ4v) is 4.10. The Morgan fingerprint density at radius 2 is 2.15 bits per heavy atom. The highest BCUT2D eigenvalue weighted by molar-refractivity contribution is 9.10. The summed E-state index contributed by atoms with van der Waals surface area (Å²) < 4.78 is 0.995. The number of carboxylic acids is 1. The topological polar surface area (TPSA) is 97.6 Å². The second-order valence-electron chi connectivity index (χ2n) is 6.34. The summed E-state index contributed by atoms with van der Waals surface area (Å²) in [5, 5.41) is 19.2. The summed E-state index contributed by atoms with van der Waals surface area (Å²) >= 11 is 4.61. The Labute approximate surface area is 169 Å². The van der Waals surface area contributed by atoms with E-state index in [9.17, 15) is 9.59 Å². The van der Waals surface area contributed by atoms with Crippen LogP contribution in [0.2, 0.25) is 0 Å². The SMILES string of the molecule is CN1CCN(c2cc(Br)ccc2C=NN=C2NC(=O)C(CC(=O)O)S2)CC1. The van der Waals surface area contributed by atoms with Gasteiger partial charge in [-0.3, -0.25) is 9.59 Å². The lowest BCUT2D eigenvalue weighted by Crippen LogP contribution is -2.44. The predicted molar refractivity (Wildman–Crippen MR) is 111 cm³/mol. The van der Waals surface area contributed by atoms with Crippen molar-refractivity contribution in [3.63, 3.8) is 0 Å². The molecule has 2 heterocycles. The van der Waals surface area contributed by atoms with Crippen molar-refractivity contribution in [2.75, 3.05) is 38.1 Å². The number of likely N-dealkylation sites (N-methyl/N-ethyl adjacent to an activating group) is 1. The summed E-state index contributed by atoms with van der Waals surface area (Å²) in [6.45, 7) is 3.87. The third-order valence-corrected chi connectivity index (χ3v) is 5.88. The normalized spacial score (nSPS) is 22.6. The molecule has 0 aliphatic carbocycles. The van der Waals surface area contributed by atoms with Crippen molar-refractivity contribution >= 4 is 56.6 Å². The van der Waals surface area contributed by atoms with Crippen molar-refractivity contribution in [3.05, 3.63) is 28.2 Å². The van der Waals surface area contributed by atoms with Crippen LogP contribution in [-0.4, -0.2) is 71.7 Å². The number of amidine groups is 1. The van der Waals surface area contributed by atoms with Crippen molar-refractivity contribution < 1.29 is 14.7 Å². The molecule has 2 fully saturated rings. The van der Waals surface area contributed by atoms with Gasteiger partial charge in [-0.05, 0) is 19.2 Å². The summed E-state index contributed by atoms with van der Waals surface area (Å²) in [5.74, 6) is -1.36. The summed E-state index contributed by atoms with van der Waals surface area (Å²) in [5.41, 5.74) is 2.01. The number of anilines is 1. The average Bonchev–Trinajstić information content (AvgIpc) is 2.96. The van der Waals surface area contributed by atoms with E-state index in [0.29, 0.717) is 5.17 Å². The fraction of sp³-hybridized carbons (Fsp3) is 0.412. The van der Waals surface area contributed by atoms with Gasteiger partial charge in [-0.2, -0.15) is 5.10 Å². The molecule has 1 amide bonds. The van der Waals surface area contributed by atoms with E-state index in [1.54, 1.807) is 6.21 Å². The number of halogens is 1. The number of aliphatic carboxylic acids is 1. The minimum absolute atomic E-state index is 0.237. The van der Waals surface area contributed by atoms with Gasteiger partial charge in [0, 0.05) is 41.9 Å². The molecule has 27 heavy (non-hydrogen) atoms. The van der Waals surface area contributed by atoms with Gasteiger partial charge in [0.15, 0.2) is 5.17 Å². The molecule has 144 valence electrons. The molecule has 1 aromatic carbocycles. The average molecular weight is 454 g/mol. The minimum Gasteiger partial charge on any atom is -0.481 e. The van der Waals surface area contributed by atoms with Crippen LogP contribution in [0.4, 0.5) is 5.69 Å². The number of benzene rings is 1. The lowest BCUT2D eigenvalue weighted by atomic mass is 10.1. The largest absolute Gasteiger partial charge is 0.481 e. The molecule has 0 spiro atoms. The van der Waals surface area contributed by atoms with Crippen molar-refractivity contribution in [2.45, 2.75) is 11.7 Å². The van der Waals surface area contributed by atoms with Crippen LogP contribution in [0.25, 0.3) is 0 Å². The van der Waals surface area contributed by atoms with Crippen LogP contribution >= 0.6 is 27.7 Å². The first kappa shape index (κ1) is 19.8. The zero-order valence-corrected chi connectivity index (χ0v) is 17.2. The monoisotopic (exact) mass is 453 g/mol. The van der Waals surface area contributed by atoms with Crippen LogP contribution in [0.15, 0.2) is 32.9 Å². The van der Waals surface area contributed by atoms with Crippen molar-refractivity contribution in [1.82, 2.24) is 10.2 Å². The Hall–Kier alpha value is -1.91. The number of rotatable bonds is 5. The third kappa shape index (κ3) is 5.30. The molecule has 8 nitrogen and oxygen atoms in total. The zero-order valence-electron chi connectivity index (χ0n) is 14.8. The molecule has 2 saturated heterocycles. The Bertz CT molecular complexity index is 793. The third-order valence-electron chi connectivity index (χ3n) is 4.32. The van der Waals surface area contributed by atoms with Crippen LogP contribution < -0.4 is 10.2 Å². The van der Waals surface area contributed by atoms with E-state index in [2.05, 4.69) is 54.4 Å². The molecule has 1 aromatic rings. The summed E-state index contributed by atoms with van der Waals surface area (Å²) in [6, 6.07) is 5.98. The molecular weight excluding hydrogens is 434 g/mol. The Morgan fingerprint density at radius 1 is 1.41 bits per heavy atom. The minimum atomic E-state index is -1.01. The number of amides is 1. The van der Waals surface area contributed by atoms with Crippen LogP contribution in [0.5, 0.6) is 0 Å². The van der Waals surface area contributed by atoms with Crippen LogP contribution in [0.3, 0.4) is 0 Å². The molecular formula is C17H20BrN5O3S. The molecule has 2 N–H and O–H groups in total. The lowest BCUT2D eigenvalue weighted by molar-refractivity contribution is -0.138. The number of thioether (sulfide) groups is 1. The number of hydrogen-bond acceptors (Lipinski definition) is 7. The maximum Gasteiger partial charge on any atom is 0.305 e. The van der Waals surface area contributed by atoms with E-state index in [-0.39, 0.29) is 12.3 Å². The maximum atomic E-state index is 11.7. The molecule has 0 radical (unpaired) electrons. The zero-order chi connectivity index (χ0) is 19.4. The Kier molecular flexibility index (Phi) is 6.51. The molecule has 10 heteroatoms. The number of hydrogen-bond donors (Lipinski definition) is 2. The van der Waals surface area contributed by atoms with E-state index < -0.39 is 11.2 Å². The quantitative estimate of drug-likeness (QED) is 0.518. The molecule has 0 bridgehead atoms. The fourth-order valence-electron chi connectivity index (χ4n) is 2.84. The van der Waals surface area contributed by atoms with E-state index >= 15 is 0 Å². The van der Waals surface area contributed by atoms with Gasteiger partial charge < -0.3 is 20.2 Å². The smallest absolute Gasteiger partial charge is 0.305 e. The first-order chi connectivity index (χ1) is 12.9. The highest BCUT2D eigenvalue weighted by atomic mass is 79.9. The van der Waals surface area contributed by atoms with E-state index in [1.165, 1.54) is 0 Å². The van der Waals surface area contributed by atoms with Crippen molar-refractivity contribution in [1.29, 1.82) is 0 Å². The van der Waals surface area contributed by atoms with E-state index in [1.807, 2.05) is 12.1 Å². The first-order valence-corrected chi connectivity index (χ1v) is 10.1. The van der Waals surface area contributed by atoms with Crippen LogP contribution in [0.1, 0.15) is 12.0 Å². The number of carbonyl (C=O) groups excluding carboxylic acids is 1. The molecule has 2 aliphatic heterocycles. The van der Waals surface area contributed by atoms with Gasteiger partial charge in [0.25, 0.3) is 0 Å². The van der Waals surface area contributed by atoms with Gasteiger partial charge in [-0.1, -0.05) is 33.8 Å². The van der Waals surface area contributed by atoms with E-state index in [0.717, 1.165) is 53.7 Å². The van der Waals surface area contributed by atoms with Crippen LogP contribution in [0, 0.1) is 0 Å². The second-order valence-corrected chi connectivity index (χ2v) is 8.44. The molecule has 0 aromatic heterocycles. The van der Waals surface area contributed by atoms with Gasteiger partial charge in [0.1, 0.15) is 5.25 Å².